The molecule has 6 nitrogen and oxygen atoms in total. The van der Waals surface area contributed by atoms with Crippen LogP contribution in [0.2, 0.25) is 0 Å². The number of nitrogens with zero attached hydrogens (tertiary/aromatic N) is 2. The van der Waals surface area contributed by atoms with Gasteiger partial charge in [0.05, 0.1) is 29.2 Å². The van der Waals surface area contributed by atoms with Crippen molar-refractivity contribution in [2.24, 2.45) is 5.73 Å². The summed E-state index contributed by atoms with van der Waals surface area (Å²) in [7, 11) is 0. The van der Waals surface area contributed by atoms with Gasteiger partial charge in [-0.05, 0) is 18.2 Å². The predicted octanol–water partition coefficient (Wildman–Crippen LogP) is 0.770. The summed E-state index contributed by atoms with van der Waals surface area (Å²) in [5.74, 6) is -0.543. The predicted molar refractivity (Wildman–Crippen MR) is 68.7 cm³/mol. The molecule has 0 atom stereocenters. The van der Waals surface area contributed by atoms with Crippen molar-refractivity contribution in [2.75, 3.05) is 11.1 Å². The Kier molecular flexibility index (Phi) is 3.38. The number of nitrogen functional groups attached to an aromatic ring is 1. The van der Waals surface area contributed by atoms with E-state index in [0.717, 1.165) is 5.69 Å². The van der Waals surface area contributed by atoms with Crippen molar-refractivity contribution in [1.29, 1.82) is 0 Å². The molecule has 2 aromatic rings. The normalized spacial score (nSPS) is 10.0. The van der Waals surface area contributed by atoms with Crippen molar-refractivity contribution in [2.45, 2.75) is 6.54 Å². The van der Waals surface area contributed by atoms with Gasteiger partial charge in [0.1, 0.15) is 6.33 Å². The first-order chi connectivity index (χ1) is 8.68. The minimum absolute atomic E-state index is 0.308. The zero-order chi connectivity index (χ0) is 13.0. The SMILES string of the molecule is NC(=O)c1cccc(NCc2ccncn2)c1N. The van der Waals surface area contributed by atoms with E-state index in [-0.39, 0.29) is 0 Å². The van der Waals surface area contributed by atoms with E-state index in [1.165, 1.54) is 6.33 Å². The van der Waals surface area contributed by atoms with Gasteiger partial charge in [0.25, 0.3) is 5.91 Å². The number of aromatic nitrogens is 2. The molecule has 0 saturated heterocycles. The maximum absolute atomic E-state index is 11.1. The van der Waals surface area contributed by atoms with E-state index >= 15 is 0 Å². The van der Waals surface area contributed by atoms with E-state index in [2.05, 4.69) is 15.3 Å². The van der Waals surface area contributed by atoms with Gasteiger partial charge in [0, 0.05) is 6.20 Å². The van der Waals surface area contributed by atoms with E-state index in [1.807, 2.05) is 0 Å². The second kappa shape index (κ2) is 5.13. The summed E-state index contributed by atoms with van der Waals surface area (Å²) >= 11 is 0. The fourth-order valence-electron chi connectivity index (χ4n) is 1.54. The molecule has 1 aromatic carbocycles. The lowest BCUT2D eigenvalue weighted by molar-refractivity contribution is 0.100. The molecule has 1 heterocycles. The molecule has 18 heavy (non-hydrogen) atoms. The first-order valence-electron chi connectivity index (χ1n) is 5.35. The van der Waals surface area contributed by atoms with Gasteiger partial charge in [-0.1, -0.05) is 6.07 Å². The average Bonchev–Trinajstić information content (AvgIpc) is 2.38. The van der Waals surface area contributed by atoms with E-state index in [9.17, 15) is 4.79 Å². The number of carbonyl (C=O) groups excluding carboxylic acids is 1. The number of anilines is 2. The van der Waals surface area contributed by atoms with Crippen molar-refractivity contribution in [3.63, 3.8) is 0 Å². The van der Waals surface area contributed by atoms with Gasteiger partial charge >= 0.3 is 0 Å². The summed E-state index contributed by atoms with van der Waals surface area (Å²) in [6.07, 6.45) is 3.13. The number of nitrogens with one attached hydrogen (secondary N) is 1. The number of nitrogens with two attached hydrogens (primary N) is 2. The largest absolute Gasteiger partial charge is 0.396 e. The molecule has 0 radical (unpaired) electrons. The van der Waals surface area contributed by atoms with Crippen molar-refractivity contribution in [3.8, 4) is 0 Å². The zero-order valence-electron chi connectivity index (χ0n) is 9.63. The number of hydrogen-bond donors (Lipinski definition) is 3. The smallest absolute Gasteiger partial charge is 0.250 e. The number of benzene rings is 1. The van der Waals surface area contributed by atoms with Crippen molar-refractivity contribution < 1.29 is 4.79 Å². The first-order valence-corrected chi connectivity index (χ1v) is 5.35. The molecular weight excluding hydrogens is 230 g/mol. The lowest BCUT2D eigenvalue weighted by Gasteiger charge is -2.10. The van der Waals surface area contributed by atoms with E-state index in [0.29, 0.717) is 23.5 Å². The quantitative estimate of drug-likeness (QED) is 0.687. The standard InChI is InChI=1S/C12H13N5O/c13-11-9(12(14)18)2-1-3-10(11)16-6-8-4-5-15-7-17-8/h1-5,7,16H,6,13H2,(H2,14,18). The van der Waals surface area contributed by atoms with Crippen LogP contribution in [0.25, 0.3) is 0 Å². The first kappa shape index (κ1) is 11.8. The van der Waals surface area contributed by atoms with Gasteiger partial charge < -0.3 is 16.8 Å². The highest BCUT2D eigenvalue weighted by Crippen LogP contribution is 2.22. The Balaban J connectivity index is 2.15. The van der Waals surface area contributed by atoms with Crippen LogP contribution in [0.5, 0.6) is 0 Å². The molecule has 0 saturated carbocycles. The molecular formula is C12H13N5O. The summed E-state index contributed by atoms with van der Waals surface area (Å²) in [4.78, 5) is 19.0. The van der Waals surface area contributed by atoms with Crippen LogP contribution < -0.4 is 16.8 Å². The van der Waals surface area contributed by atoms with Gasteiger partial charge in [-0.15, -0.1) is 0 Å². The fraction of sp³-hybridized carbons (Fsp3) is 0.0833. The lowest BCUT2D eigenvalue weighted by atomic mass is 10.1. The second-order valence-electron chi connectivity index (χ2n) is 3.69. The maximum atomic E-state index is 11.1. The summed E-state index contributed by atoms with van der Waals surface area (Å²) < 4.78 is 0. The molecule has 92 valence electrons. The minimum Gasteiger partial charge on any atom is -0.396 e. The molecule has 0 spiro atoms. The Morgan fingerprint density at radius 2 is 2.17 bits per heavy atom. The van der Waals surface area contributed by atoms with Crippen LogP contribution >= 0.6 is 0 Å². The van der Waals surface area contributed by atoms with Crippen molar-refractivity contribution >= 4 is 17.3 Å². The molecule has 2 rings (SSSR count). The Hall–Kier alpha value is -2.63. The molecule has 1 aromatic heterocycles. The Bertz CT molecular complexity index is 556. The Morgan fingerprint density at radius 3 is 2.83 bits per heavy atom. The van der Waals surface area contributed by atoms with Crippen LogP contribution in [0.4, 0.5) is 11.4 Å². The summed E-state index contributed by atoms with van der Waals surface area (Å²) in [5.41, 5.74) is 13.2. The number of carbonyl (C=O) groups is 1. The van der Waals surface area contributed by atoms with Gasteiger partial charge in [-0.3, -0.25) is 4.79 Å². The number of para-hydroxylation sites is 1. The Morgan fingerprint density at radius 1 is 1.33 bits per heavy atom. The molecule has 0 aliphatic heterocycles. The second-order valence-corrected chi connectivity index (χ2v) is 3.69. The highest BCUT2D eigenvalue weighted by molar-refractivity contribution is 6.00. The van der Waals surface area contributed by atoms with Crippen LogP contribution in [0.3, 0.4) is 0 Å². The third-order valence-corrected chi connectivity index (χ3v) is 2.47. The minimum atomic E-state index is -0.543. The summed E-state index contributed by atoms with van der Waals surface area (Å²) in [6, 6.07) is 6.89. The number of hydrogen-bond acceptors (Lipinski definition) is 5. The van der Waals surface area contributed by atoms with Crippen LogP contribution in [0.15, 0.2) is 36.8 Å². The van der Waals surface area contributed by atoms with Gasteiger partial charge in [0.2, 0.25) is 0 Å². The molecule has 1 amide bonds. The molecule has 0 aliphatic rings. The molecule has 0 aliphatic carbocycles. The monoisotopic (exact) mass is 243 g/mol. The third kappa shape index (κ3) is 2.54. The van der Waals surface area contributed by atoms with Crippen LogP contribution in [-0.2, 0) is 6.54 Å². The average molecular weight is 243 g/mol. The van der Waals surface area contributed by atoms with Crippen LogP contribution in [0.1, 0.15) is 16.1 Å². The van der Waals surface area contributed by atoms with Gasteiger partial charge in [-0.2, -0.15) is 0 Å². The lowest BCUT2D eigenvalue weighted by Crippen LogP contribution is -2.15. The molecule has 5 N–H and O–H groups in total. The van der Waals surface area contributed by atoms with E-state index in [1.54, 1.807) is 30.5 Å². The number of rotatable bonds is 4. The van der Waals surface area contributed by atoms with Crippen LogP contribution in [-0.4, -0.2) is 15.9 Å². The third-order valence-electron chi connectivity index (χ3n) is 2.47. The van der Waals surface area contributed by atoms with E-state index < -0.39 is 5.91 Å². The van der Waals surface area contributed by atoms with Gasteiger partial charge in [0.15, 0.2) is 0 Å². The molecule has 0 fully saturated rings. The van der Waals surface area contributed by atoms with Gasteiger partial charge in [-0.25, -0.2) is 9.97 Å². The molecule has 6 heteroatoms. The summed E-state index contributed by atoms with van der Waals surface area (Å²) in [6.45, 7) is 0.495. The van der Waals surface area contributed by atoms with Crippen molar-refractivity contribution in [1.82, 2.24) is 9.97 Å². The zero-order valence-corrected chi connectivity index (χ0v) is 9.63. The number of primary amides is 1. The highest BCUT2D eigenvalue weighted by Gasteiger charge is 2.08. The van der Waals surface area contributed by atoms with E-state index in [4.69, 9.17) is 11.5 Å². The fourth-order valence-corrected chi connectivity index (χ4v) is 1.54. The molecule has 0 unspecified atom stereocenters. The maximum Gasteiger partial charge on any atom is 0.250 e. The summed E-state index contributed by atoms with van der Waals surface area (Å²) in [5, 5.41) is 3.10. The molecule has 0 bridgehead atoms. The van der Waals surface area contributed by atoms with Crippen molar-refractivity contribution in [3.05, 3.63) is 48.0 Å². The van der Waals surface area contributed by atoms with Crippen LogP contribution in [0, 0.1) is 0 Å². The number of amides is 1. The Labute approximate surface area is 104 Å². The highest BCUT2D eigenvalue weighted by atomic mass is 16.1. The topological polar surface area (TPSA) is 107 Å².